The Morgan fingerprint density at radius 1 is 1.17 bits per heavy atom. The molecule has 1 aliphatic heterocycles. The third-order valence-corrected chi connectivity index (χ3v) is 8.05. The first-order chi connectivity index (χ1) is 13.9. The Bertz CT molecular complexity index is 902. The van der Waals surface area contributed by atoms with Crippen molar-refractivity contribution in [1.82, 2.24) is 9.21 Å². The van der Waals surface area contributed by atoms with Gasteiger partial charge in [0.15, 0.2) is 0 Å². The Morgan fingerprint density at radius 2 is 1.83 bits per heavy atom. The van der Waals surface area contributed by atoms with Gasteiger partial charge in [-0.25, -0.2) is 8.42 Å². The number of benzene rings is 1. The molecule has 1 heterocycles. The van der Waals surface area contributed by atoms with E-state index in [1.54, 1.807) is 4.90 Å². The Balaban J connectivity index is 1.97. The third kappa shape index (κ3) is 4.89. The quantitative estimate of drug-likeness (QED) is 0.633. The van der Waals surface area contributed by atoms with Crippen molar-refractivity contribution in [1.29, 1.82) is 0 Å². The molecule has 0 spiro atoms. The number of sulfonamides is 1. The number of hydrogen-bond donors (Lipinski definition) is 0. The zero-order chi connectivity index (χ0) is 21.0. The minimum atomic E-state index is -3.88. The molecule has 1 saturated heterocycles. The van der Waals surface area contributed by atoms with Crippen molar-refractivity contribution < 1.29 is 17.9 Å². The normalized spacial score (nSPS) is 18.9. The molecule has 6 nitrogen and oxygen atoms in total. The van der Waals surface area contributed by atoms with Crippen LogP contribution >= 0.6 is 23.2 Å². The van der Waals surface area contributed by atoms with E-state index in [0.29, 0.717) is 13.2 Å². The van der Waals surface area contributed by atoms with E-state index in [0.717, 1.165) is 32.1 Å². The SMILES string of the molecule is C#CCN(C(=O)c1cc(S(=O)(=O)N2CCOCC2)c(Cl)cc1Cl)C1CCCCC1. The van der Waals surface area contributed by atoms with Crippen LogP contribution in [0.3, 0.4) is 0 Å². The molecule has 1 aliphatic carbocycles. The van der Waals surface area contributed by atoms with Crippen LogP contribution in [0.5, 0.6) is 0 Å². The minimum Gasteiger partial charge on any atom is -0.379 e. The van der Waals surface area contributed by atoms with Gasteiger partial charge < -0.3 is 9.64 Å². The molecule has 0 N–H and O–H groups in total. The molecule has 1 aromatic rings. The summed E-state index contributed by atoms with van der Waals surface area (Å²) in [4.78, 5) is 14.8. The Labute approximate surface area is 182 Å². The number of carbonyl (C=O) groups is 1. The van der Waals surface area contributed by atoms with E-state index in [1.165, 1.54) is 16.4 Å². The van der Waals surface area contributed by atoms with Gasteiger partial charge >= 0.3 is 0 Å². The van der Waals surface area contributed by atoms with Gasteiger partial charge in [-0.1, -0.05) is 48.4 Å². The number of morpholine rings is 1. The highest BCUT2D eigenvalue weighted by atomic mass is 35.5. The molecule has 1 amide bonds. The highest BCUT2D eigenvalue weighted by Gasteiger charge is 2.32. The molecule has 0 radical (unpaired) electrons. The van der Waals surface area contributed by atoms with Crippen LogP contribution in [0.1, 0.15) is 42.5 Å². The van der Waals surface area contributed by atoms with Gasteiger partial charge in [-0.15, -0.1) is 6.42 Å². The number of carbonyl (C=O) groups excluding carboxylic acids is 1. The molecule has 1 saturated carbocycles. The largest absolute Gasteiger partial charge is 0.379 e. The molecule has 0 bridgehead atoms. The summed E-state index contributed by atoms with van der Waals surface area (Å²) in [5.41, 5.74) is 0.101. The lowest BCUT2D eigenvalue weighted by atomic mass is 9.93. The van der Waals surface area contributed by atoms with E-state index in [4.69, 9.17) is 34.4 Å². The van der Waals surface area contributed by atoms with Gasteiger partial charge in [0.2, 0.25) is 10.0 Å². The number of ether oxygens (including phenoxy) is 1. The van der Waals surface area contributed by atoms with Crippen LogP contribution in [0.2, 0.25) is 10.0 Å². The van der Waals surface area contributed by atoms with Gasteiger partial charge in [0.05, 0.1) is 35.4 Å². The Kier molecular flexibility index (Phi) is 7.47. The maximum absolute atomic E-state index is 13.3. The van der Waals surface area contributed by atoms with E-state index >= 15 is 0 Å². The van der Waals surface area contributed by atoms with Crippen molar-refractivity contribution in [3.8, 4) is 12.3 Å². The molecule has 29 heavy (non-hydrogen) atoms. The lowest BCUT2D eigenvalue weighted by molar-refractivity contribution is 0.0667. The molecule has 0 unspecified atom stereocenters. The van der Waals surface area contributed by atoms with Crippen molar-refractivity contribution in [3.05, 3.63) is 27.7 Å². The number of rotatable bonds is 5. The van der Waals surface area contributed by atoms with Gasteiger partial charge in [0.25, 0.3) is 5.91 Å². The van der Waals surface area contributed by atoms with E-state index < -0.39 is 10.0 Å². The number of terminal acetylenes is 1. The van der Waals surface area contributed by atoms with E-state index in [1.807, 2.05) is 0 Å². The maximum atomic E-state index is 13.3. The van der Waals surface area contributed by atoms with Crippen molar-refractivity contribution >= 4 is 39.1 Å². The second kappa shape index (κ2) is 9.67. The molecule has 0 aromatic heterocycles. The van der Waals surface area contributed by atoms with Crippen LogP contribution in [0, 0.1) is 12.3 Å². The summed E-state index contributed by atoms with van der Waals surface area (Å²) in [6.07, 6.45) is 10.4. The second-order valence-corrected chi connectivity index (χ2v) is 9.93. The van der Waals surface area contributed by atoms with Gasteiger partial charge in [0, 0.05) is 19.1 Å². The average molecular weight is 459 g/mol. The number of hydrogen-bond acceptors (Lipinski definition) is 4. The molecule has 9 heteroatoms. The first kappa shape index (κ1) is 22.4. The van der Waals surface area contributed by atoms with Crippen LogP contribution in [-0.2, 0) is 14.8 Å². The summed E-state index contributed by atoms with van der Waals surface area (Å²) >= 11 is 12.5. The van der Waals surface area contributed by atoms with Crippen LogP contribution < -0.4 is 0 Å². The fraction of sp³-hybridized carbons (Fsp3) is 0.550. The summed E-state index contributed by atoms with van der Waals surface area (Å²) in [6, 6.07) is 2.63. The fourth-order valence-electron chi connectivity index (χ4n) is 3.83. The fourth-order valence-corrected chi connectivity index (χ4v) is 6.07. The molecule has 2 aliphatic rings. The Morgan fingerprint density at radius 3 is 2.45 bits per heavy atom. The van der Waals surface area contributed by atoms with Gasteiger partial charge in [-0.05, 0) is 25.0 Å². The molecule has 158 valence electrons. The number of amides is 1. The first-order valence-electron chi connectivity index (χ1n) is 9.67. The summed E-state index contributed by atoms with van der Waals surface area (Å²) in [7, 11) is -3.88. The van der Waals surface area contributed by atoms with Crippen molar-refractivity contribution in [3.63, 3.8) is 0 Å². The number of nitrogens with zero attached hydrogens (tertiary/aromatic N) is 2. The maximum Gasteiger partial charge on any atom is 0.256 e. The summed E-state index contributed by atoms with van der Waals surface area (Å²) in [6.45, 7) is 1.24. The van der Waals surface area contributed by atoms with E-state index in [-0.39, 0.29) is 52.1 Å². The molecular weight excluding hydrogens is 435 g/mol. The summed E-state index contributed by atoms with van der Waals surface area (Å²) in [5.74, 6) is 2.17. The van der Waals surface area contributed by atoms with Crippen LogP contribution in [0.4, 0.5) is 0 Å². The van der Waals surface area contributed by atoms with Gasteiger partial charge in [0.1, 0.15) is 4.90 Å². The molecule has 1 aromatic carbocycles. The standard InChI is InChI=1S/C20H24Cl2N2O4S/c1-2-8-24(15-6-4-3-5-7-15)20(25)16-13-19(18(22)14-17(16)21)29(26,27)23-9-11-28-12-10-23/h1,13-15H,3-12H2. The monoisotopic (exact) mass is 458 g/mol. The highest BCUT2D eigenvalue weighted by Crippen LogP contribution is 2.33. The zero-order valence-corrected chi connectivity index (χ0v) is 18.4. The van der Waals surface area contributed by atoms with E-state index in [9.17, 15) is 13.2 Å². The van der Waals surface area contributed by atoms with Crippen molar-refractivity contribution in [2.75, 3.05) is 32.8 Å². The lowest BCUT2D eigenvalue weighted by Crippen LogP contribution is -2.42. The summed E-state index contributed by atoms with van der Waals surface area (Å²) < 4.78 is 32.7. The van der Waals surface area contributed by atoms with Crippen LogP contribution in [0.15, 0.2) is 17.0 Å². The molecule has 3 rings (SSSR count). The lowest BCUT2D eigenvalue weighted by Gasteiger charge is -2.33. The summed E-state index contributed by atoms with van der Waals surface area (Å²) in [5, 5.41) is 0.0953. The zero-order valence-electron chi connectivity index (χ0n) is 16.1. The predicted molar refractivity (Wildman–Crippen MR) is 113 cm³/mol. The molecule has 2 fully saturated rings. The highest BCUT2D eigenvalue weighted by molar-refractivity contribution is 7.89. The smallest absolute Gasteiger partial charge is 0.256 e. The predicted octanol–water partition coefficient (Wildman–Crippen LogP) is 3.42. The van der Waals surface area contributed by atoms with Crippen molar-refractivity contribution in [2.24, 2.45) is 0 Å². The van der Waals surface area contributed by atoms with Crippen molar-refractivity contribution in [2.45, 2.75) is 43.0 Å². The molecule has 0 atom stereocenters. The van der Waals surface area contributed by atoms with Crippen LogP contribution in [-0.4, -0.2) is 62.4 Å². The average Bonchev–Trinajstić information content (AvgIpc) is 2.72. The van der Waals surface area contributed by atoms with Gasteiger partial charge in [-0.2, -0.15) is 4.31 Å². The molecular formula is C20H24Cl2N2O4S. The Hall–Kier alpha value is -1.30. The second-order valence-electron chi connectivity index (χ2n) is 7.21. The van der Waals surface area contributed by atoms with Crippen LogP contribution in [0.25, 0.3) is 0 Å². The van der Waals surface area contributed by atoms with Gasteiger partial charge in [-0.3, -0.25) is 4.79 Å². The third-order valence-electron chi connectivity index (χ3n) is 5.38. The topological polar surface area (TPSA) is 66.9 Å². The minimum absolute atomic E-state index is 0.0146. The number of halogens is 2. The van der Waals surface area contributed by atoms with E-state index in [2.05, 4.69) is 5.92 Å². The first-order valence-corrected chi connectivity index (χ1v) is 11.9.